The molecule has 46 valence electrons. The smallest absolute Gasteiger partial charge is 0.000735 e. The predicted molar refractivity (Wildman–Crippen MR) is 53.7 cm³/mol. The number of hydrogen-bond acceptors (Lipinski definition) is 0. The summed E-state index contributed by atoms with van der Waals surface area (Å²) < 4.78 is 2.51. The maximum atomic E-state index is 2.35. The number of alkyl halides is 2. The molecule has 0 aromatic heterocycles. The van der Waals surface area contributed by atoms with Crippen molar-refractivity contribution >= 4 is 45.2 Å². The number of halogens is 2. The highest BCUT2D eigenvalue weighted by molar-refractivity contribution is 14.1. The zero-order chi connectivity index (χ0) is 6.12. The molecule has 0 N–H and O–H groups in total. The molecule has 0 rings (SSSR count). The van der Waals surface area contributed by atoms with Crippen LogP contribution in [0.25, 0.3) is 0 Å². The summed E-state index contributed by atoms with van der Waals surface area (Å²) in [6.07, 6.45) is 1.31. The monoisotopic (exact) mass is 326 g/mol. The lowest BCUT2D eigenvalue weighted by Crippen LogP contribution is -1.54. The Morgan fingerprint density at radius 3 is 1.29 bits per heavy atom. The van der Waals surface area contributed by atoms with E-state index in [2.05, 4.69) is 59.0 Å². The molecule has 0 saturated carbocycles. The fraction of sp³-hybridized carbons (Fsp3) is 1.00. The van der Waals surface area contributed by atoms with Gasteiger partial charge in [-0.05, 0) is 15.3 Å². The minimum Gasteiger partial charge on any atom is -0.0867 e. The van der Waals surface area contributed by atoms with Gasteiger partial charge in [0.25, 0.3) is 0 Å². The van der Waals surface area contributed by atoms with Crippen LogP contribution in [0.2, 0.25) is 0 Å². The van der Waals surface area contributed by atoms with Gasteiger partial charge in [0.05, 0.1) is 0 Å². The van der Waals surface area contributed by atoms with Crippen LogP contribution in [-0.2, 0) is 0 Å². The lowest BCUT2D eigenvalue weighted by Gasteiger charge is -1.66. The lowest BCUT2D eigenvalue weighted by molar-refractivity contribution is 1.13. The Hall–Kier alpha value is 1.46. The Balaban J connectivity index is 0. The van der Waals surface area contributed by atoms with Crippen molar-refractivity contribution in [1.29, 1.82) is 0 Å². The van der Waals surface area contributed by atoms with E-state index in [1.807, 2.05) is 0 Å². The summed E-state index contributed by atoms with van der Waals surface area (Å²) in [5, 5.41) is 0. The molecule has 0 atom stereocenters. The molecule has 7 heavy (non-hydrogen) atoms. The second kappa shape index (κ2) is 15.7. The molecule has 0 aliphatic carbocycles. The van der Waals surface area contributed by atoms with Gasteiger partial charge in [-0.15, -0.1) is 0 Å². The van der Waals surface area contributed by atoms with Crippen LogP contribution in [0.5, 0.6) is 0 Å². The van der Waals surface area contributed by atoms with Crippen molar-refractivity contribution in [2.45, 2.75) is 20.3 Å². The summed E-state index contributed by atoms with van der Waals surface area (Å²) in [4.78, 5) is 0. The van der Waals surface area contributed by atoms with E-state index in [-0.39, 0.29) is 0 Å². The molecule has 0 saturated heterocycles. The predicted octanol–water partition coefficient (Wildman–Crippen LogP) is 3.27. The highest BCUT2D eigenvalue weighted by Crippen LogP contribution is 1.81. The highest BCUT2D eigenvalue weighted by Gasteiger charge is 1.58. The van der Waals surface area contributed by atoms with E-state index < -0.39 is 0 Å². The van der Waals surface area contributed by atoms with Crippen LogP contribution in [0, 0.1) is 0 Å². The van der Waals surface area contributed by atoms with Gasteiger partial charge < -0.3 is 0 Å². The molecule has 0 aliphatic rings. The van der Waals surface area contributed by atoms with Crippen molar-refractivity contribution in [3.8, 4) is 0 Å². The quantitative estimate of drug-likeness (QED) is 0.513. The zero-order valence-electron chi connectivity index (χ0n) is 4.88. The Morgan fingerprint density at radius 2 is 1.29 bits per heavy atom. The highest BCUT2D eigenvalue weighted by atomic mass is 127. The number of hydrogen-bond donors (Lipinski definition) is 0. The molecule has 0 unspecified atom stereocenters. The van der Waals surface area contributed by atoms with E-state index in [1.54, 1.807) is 0 Å². The van der Waals surface area contributed by atoms with Gasteiger partial charge in [-0.2, -0.15) is 0 Å². The second-order valence-corrected chi connectivity index (χ2v) is 3.56. The first-order valence-electron chi connectivity index (χ1n) is 2.45. The van der Waals surface area contributed by atoms with Gasteiger partial charge in [0.1, 0.15) is 0 Å². The van der Waals surface area contributed by atoms with E-state index >= 15 is 0 Å². The lowest BCUT2D eigenvalue weighted by atomic mass is 10.6. The van der Waals surface area contributed by atoms with E-state index in [1.165, 1.54) is 15.3 Å². The van der Waals surface area contributed by atoms with E-state index in [4.69, 9.17) is 0 Å². The Kier molecular flexibility index (Phi) is 25.2. The van der Waals surface area contributed by atoms with Crippen molar-refractivity contribution in [3.05, 3.63) is 0 Å². The van der Waals surface area contributed by atoms with Gasteiger partial charge in [0, 0.05) is 0 Å². The van der Waals surface area contributed by atoms with Gasteiger partial charge >= 0.3 is 0 Å². The molecule has 0 nitrogen and oxygen atoms in total. The summed E-state index contributed by atoms with van der Waals surface area (Å²) in [5.74, 6) is 0. The summed E-state index contributed by atoms with van der Waals surface area (Å²) in [6.45, 7) is 4.28. The molecule has 0 bridgehead atoms. The van der Waals surface area contributed by atoms with Crippen LogP contribution in [0.1, 0.15) is 20.3 Å². The van der Waals surface area contributed by atoms with Crippen LogP contribution in [0.4, 0.5) is 0 Å². The summed E-state index contributed by atoms with van der Waals surface area (Å²) >= 11 is 4.64. The zero-order valence-corrected chi connectivity index (χ0v) is 9.19. The van der Waals surface area contributed by atoms with Gasteiger partial charge in [0.15, 0.2) is 0 Å². The van der Waals surface area contributed by atoms with Crippen LogP contribution in [0.3, 0.4) is 0 Å². The number of rotatable bonds is 1. The molecule has 0 aliphatic heterocycles. The molecule has 0 heterocycles. The first-order chi connectivity index (χ1) is 3.33. The van der Waals surface area contributed by atoms with E-state index in [0.717, 1.165) is 0 Å². The Labute approximate surface area is 73.7 Å². The fourth-order valence-electron chi connectivity index (χ4n) is 0. The minimum absolute atomic E-state index is 1.22. The first-order valence-corrected chi connectivity index (χ1v) is 5.50. The average Bonchev–Trinajstić information content (AvgIpc) is 1.69. The standard InChI is InChI=1S/C3H7I.C2H5I/c1-2-3-4;1-2-3/h2-3H2,1H3;2H2,1H3. The van der Waals surface area contributed by atoms with Gasteiger partial charge in [-0.3, -0.25) is 0 Å². The summed E-state index contributed by atoms with van der Waals surface area (Å²) in [6, 6.07) is 0. The molecular formula is C5H12I2. The normalized spacial score (nSPS) is 6.86. The fourth-order valence-corrected chi connectivity index (χ4v) is 0. The van der Waals surface area contributed by atoms with Crippen molar-refractivity contribution in [2.24, 2.45) is 0 Å². The van der Waals surface area contributed by atoms with E-state index in [0.29, 0.717) is 0 Å². The maximum absolute atomic E-state index is 2.35. The van der Waals surface area contributed by atoms with Gasteiger partial charge in [-0.25, -0.2) is 0 Å². The van der Waals surface area contributed by atoms with Gasteiger partial charge in [-0.1, -0.05) is 59.0 Å². The minimum atomic E-state index is 1.22. The molecular weight excluding hydrogens is 314 g/mol. The van der Waals surface area contributed by atoms with Crippen molar-refractivity contribution < 1.29 is 0 Å². The largest absolute Gasteiger partial charge is 0.0867 e. The first kappa shape index (κ1) is 11.3. The Morgan fingerprint density at radius 1 is 1.14 bits per heavy atom. The van der Waals surface area contributed by atoms with Crippen LogP contribution in [0.15, 0.2) is 0 Å². The topological polar surface area (TPSA) is 0 Å². The molecule has 0 fully saturated rings. The third kappa shape index (κ3) is 36.7. The summed E-state index contributed by atoms with van der Waals surface area (Å²) in [7, 11) is 0. The van der Waals surface area contributed by atoms with Crippen LogP contribution < -0.4 is 0 Å². The second-order valence-electron chi connectivity index (χ2n) is 0.956. The van der Waals surface area contributed by atoms with Crippen LogP contribution in [-0.4, -0.2) is 8.86 Å². The molecule has 2 heteroatoms. The van der Waals surface area contributed by atoms with Crippen molar-refractivity contribution in [3.63, 3.8) is 0 Å². The summed E-state index contributed by atoms with van der Waals surface area (Å²) in [5.41, 5.74) is 0. The Bertz CT molecular complexity index is 13.6. The molecule has 0 amide bonds. The molecule has 0 aromatic rings. The SMILES string of the molecule is CCCI.CCI. The third-order valence-electron chi connectivity index (χ3n) is 0.189. The van der Waals surface area contributed by atoms with Gasteiger partial charge in [0.2, 0.25) is 0 Å². The maximum Gasteiger partial charge on any atom is -0.000735 e. The van der Waals surface area contributed by atoms with Crippen molar-refractivity contribution in [2.75, 3.05) is 8.86 Å². The van der Waals surface area contributed by atoms with Crippen LogP contribution >= 0.6 is 45.2 Å². The molecule has 0 spiro atoms. The molecule has 0 aromatic carbocycles. The molecule has 0 radical (unpaired) electrons. The van der Waals surface area contributed by atoms with Crippen molar-refractivity contribution in [1.82, 2.24) is 0 Å². The average molecular weight is 326 g/mol. The van der Waals surface area contributed by atoms with E-state index in [9.17, 15) is 0 Å². The third-order valence-corrected chi connectivity index (χ3v) is 1.27.